The number of hydrogen-bond acceptors (Lipinski definition) is 4. The van der Waals surface area contributed by atoms with Crippen LogP contribution < -0.4 is 0 Å². The Morgan fingerprint density at radius 1 is 1.08 bits per heavy atom. The summed E-state index contributed by atoms with van der Waals surface area (Å²) in [5, 5.41) is 17.7. The van der Waals surface area contributed by atoms with Gasteiger partial charge < -0.3 is 19.7 Å². The molecule has 1 aliphatic heterocycles. The second-order valence-corrected chi connectivity index (χ2v) is 3.33. The van der Waals surface area contributed by atoms with E-state index in [1.54, 1.807) is 0 Å². The summed E-state index contributed by atoms with van der Waals surface area (Å²) < 4.78 is 10.7. The second kappa shape index (κ2) is 4.18. The monoisotopic (exact) mass is 176 g/mol. The van der Waals surface area contributed by atoms with Crippen LogP contribution in [0.3, 0.4) is 0 Å². The van der Waals surface area contributed by atoms with Gasteiger partial charge in [0, 0.05) is 5.92 Å². The van der Waals surface area contributed by atoms with Crippen LogP contribution in [0.2, 0.25) is 0 Å². The molecule has 0 bridgehead atoms. The van der Waals surface area contributed by atoms with E-state index >= 15 is 0 Å². The number of hydrogen-bond donors (Lipinski definition) is 2. The van der Waals surface area contributed by atoms with E-state index in [0.29, 0.717) is 0 Å². The van der Waals surface area contributed by atoms with Gasteiger partial charge in [0.25, 0.3) is 0 Å². The van der Waals surface area contributed by atoms with E-state index in [0.717, 1.165) is 0 Å². The van der Waals surface area contributed by atoms with Crippen LogP contribution in [0.1, 0.15) is 13.8 Å². The van der Waals surface area contributed by atoms with Crippen molar-refractivity contribution in [2.75, 3.05) is 13.2 Å². The molecule has 0 unspecified atom stereocenters. The summed E-state index contributed by atoms with van der Waals surface area (Å²) >= 11 is 0. The van der Waals surface area contributed by atoms with Gasteiger partial charge in [0.15, 0.2) is 6.29 Å². The van der Waals surface area contributed by atoms with Crippen LogP contribution in [0.5, 0.6) is 0 Å². The van der Waals surface area contributed by atoms with Crippen molar-refractivity contribution in [1.29, 1.82) is 0 Å². The summed E-state index contributed by atoms with van der Waals surface area (Å²) in [6.07, 6.45) is -1.04. The summed E-state index contributed by atoms with van der Waals surface area (Å²) in [6, 6.07) is 0. The Morgan fingerprint density at radius 3 is 1.75 bits per heavy atom. The zero-order valence-electron chi connectivity index (χ0n) is 7.43. The number of aliphatic hydroxyl groups is 2. The standard InChI is InChI=1S/C8H16O4/c1-5(2)8-11-6(3-9)7(4-10)12-8/h5-10H,3-4H2,1-2H3/t6-,7-/m0/s1. The van der Waals surface area contributed by atoms with Crippen molar-refractivity contribution in [1.82, 2.24) is 0 Å². The largest absolute Gasteiger partial charge is 0.394 e. The second-order valence-electron chi connectivity index (χ2n) is 3.33. The van der Waals surface area contributed by atoms with Crippen LogP contribution in [0.15, 0.2) is 0 Å². The highest BCUT2D eigenvalue weighted by Gasteiger charge is 2.36. The van der Waals surface area contributed by atoms with Crippen molar-refractivity contribution in [2.45, 2.75) is 32.3 Å². The van der Waals surface area contributed by atoms with Crippen LogP contribution in [0.25, 0.3) is 0 Å². The topological polar surface area (TPSA) is 58.9 Å². The fourth-order valence-corrected chi connectivity index (χ4v) is 1.19. The minimum Gasteiger partial charge on any atom is -0.394 e. The molecule has 0 saturated carbocycles. The average Bonchev–Trinajstić information content (AvgIpc) is 2.46. The lowest BCUT2D eigenvalue weighted by Crippen LogP contribution is -2.29. The number of ether oxygens (including phenoxy) is 2. The van der Waals surface area contributed by atoms with Gasteiger partial charge in [0.1, 0.15) is 12.2 Å². The van der Waals surface area contributed by atoms with Crippen molar-refractivity contribution in [3.63, 3.8) is 0 Å². The Kier molecular flexibility index (Phi) is 3.46. The van der Waals surface area contributed by atoms with Gasteiger partial charge in [-0.15, -0.1) is 0 Å². The van der Waals surface area contributed by atoms with Gasteiger partial charge in [-0.2, -0.15) is 0 Å². The van der Waals surface area contributed by atoms with E-state index in [2.05, 4.69) is 0 Å². The third kappa shape index (κ3) is 1.95. The molecule has 4 nitrogen and oxygen atoms in total. The maximum atomic E-state index is 8.85. The molecule has 4 heteroatoms. The molecule has 0 aromatic heterocycles. The third-order valence-electron chi connectivity index (χ3n) is 1.94. The fourth-order valence-electron chi connectivity index (χ4n) is 1.19. The van der Waals surface area contributed by atoms with Crippen molar-refractivity contribution < 1.29 is 19.7 Å². The van der Waals surface area contributed by atoms with Crippen molar-refractivity contribution in [2.24, 2.45) is 5.92 Å². The van der Waals surface area contributed by atoms with E-state index in [1.807, 2.05) is 13.8 Å². The molecule has 0 spiro atoms. The zero-order chi connectivity index (χ0) is 9.14. The van der Waals surface area contributed by atoms with E-state index in [4.69, 9.17) is 19.7 Å². The van der Waals surface area contributed by atoms with Crippen molar-refractivity contribution in [3.05, 3.63) is 0 Å². The first-order chi connectivity index (χ1) is 5.69. The van der Waals surface area contributed by atoms with E-state index < -0.39 is 0 Å². The molecule has 0 aromatic rings. The molecule has 0 amide bonds. The van der Waals surface area contributed by atoms with Crippen LogP contribution in [0.4, 0.5) is 0 Å². The molecule has 2 atom stereocenters. The molecule has 2 N–H and O–H groups in total. The Morgan fingerprint density at radius 2 is 1.50 bits per heavy atom. The number of aliphatic hydroxyl groups excluding tert-OH is 2. The van der Waals surface area contributed by atoms with Crippen LogP contribution in [-0.2, 0) is 9.47 Å². The predicted molar refractivity (Wildman–Crippen MR) is 42.5 cm³/mol. The SMILES string of the molecule is CC(C)C1O[C@@H](CO)[C@H](CO)O1. The average molecular weight is 176 g/mol. The Labute approximate surface area is 72.1 Å². The van der Waals surface area contributed by atoms with Gasteiger partial charge in [-0.3, -0.25) is 0 Å². The molecule has 0 aromatic carbocycles. The van der Waals surface area contributed by atoms with Gasteiger partial charge in [0.05, 0.1) is 13.2 Å². The molecule has 0 aliphatic carbocycles. The van der Waals surface area contributed by atoms with E-state index in [-0.39, 0.29) is 37.6 Å². The Bertz CT molecular complexity index is 125. The van der Waals surface area contributed by atoms with Gasteiger partial charge in [-0.25, -0.2) is 0 Å². The summed E-state index contributed by atoms with van der Waals surface area (Å²) in [5.74, 6) is 0.246. The predicted octanol–water partition coefficient (Wildman–Crippen LogP) is -0.263. The normalized spacial score (nSPS) is 31.8. The first-order valence-electron chi connectivity index (χ1n) is 4.21. The molecular formula is C8H16O4. The molecule has 1 fully saturated rings. The molecule has 72 valence electrons. The van der Waals surface area contributed by atoms with Gasteiger partial charge in [0.2, 0.25) is 0 Å². The van der Waals surface area contributed by atoms with Crippen molar-refractivity contribution in [3.8, 4) is 0 Å². The van der Waals surface area contributed by atoms with E-state index in [9.17, 15) is 0 Å². The van der Waals surface area contributed by atoms with Gasteiger partial charge in [-0.05, 0) is 0 Å². The lowest BCUT2D eigenvalue weighted by Gasteiger charge is -2.13. The van der Waals surface area contributed by atoms with Crippen molar-refractivity contribution >= 4 is 0 Å². The lowest BCUT2D eigenvalue weighted by molar-refractivity contribution is -0.102. The smallest absolute Gasteiger partial charge is 0.161 e. The highest BCUT2D eigenvalue weighted by Crippen LogP contribution is 2.23. The quantitative estimate of drug-likeness (QED) is 0.622. The highest BCUT2D eigenvalue weighted by molar-refractivity contribution is 4.77. The third-order valence-corrected chi connectivity index (χ3v) is 1.94. The maximum Gasteiger partial charge on any atom is 0.161 e. The van der Waals surface area contributed by atoms with Crippen LogP contribution >= 0.6 is 0 Å². The number of rotatable bonds is 3. The molecule has 1 heterocycles. The molecule has 1 aliphatic rings. The molecule has 1 rings (SSSR count). The maximum absolute atomic E-state index is 8.85. The first-order valence-corrected chi connectivity index (χ1v) is 4.21. The summed E-state index contributed by atoms with van der Waals surface area (Å²) in [6.45, 7) is 3.74. The summed E-state index contributed by atoms with van der Waals surface area (Å²) in [7, 11) is 0. The molecule has 0 radical (unpaired) electrons. The summed E-state index contributed by atoms with van der Waals surface area (Å²) in [5.41, 5.74) is 0. The molecule has 1 saturated heterocycles. The lowest BCUT2D eigenvalue weighted by atomic mass is 10.2. The van der Waals surface area contributed by atoms with Crippen LogP contribution in [-0.4, -0.2) is 41.9 Å². The van der Waals surface area contributed by atoms with Crippen LogP contribution in [0, 0.1) is 5.92 Å². The van der Waals surface area contributed by atoms with Gasteiger partial charge >= 0.3 is 0 Å². The Balaban J connectivity index is 2.47. The summed E-state index contributed by atoms with van der Waals surface area (Å²) in [4.78, 5) is 0. The minimum atomic E-state index is -0.373. The Hall–Kier alpha value is -0.160. The molecular weight excluding hydrogens is 160 g/mol. The highest BCUT2D eigenvalue weighted by atomic mass is 16.7. The first kappa shape index (κ1) is 9.92. The minimum absolute atomic E-state index is 0.103. The van der Waals surface area contributed by atoms with Gasteiger partial charge in [-0.1, -0.05) is 13.8 Å². The van der Waals surface area contributed by atoms with E-state index in [1.165, 1.54) is 0 Å². The fraction of sp³-hybridized carbons (Fsp3) is 1.00. The molecule has 12 heavy (non-hydrogen) atoms. The zero-order valence-corrected chi connectivity index (χ0v) is 7.43.